The molecule has 0 radical (unpaired) electrons. The lowest BCUT2D eigenvalue weighted by atomic mass is 10.3. The van der Waals surface area contributed by atoms with Crippen molar-refractivity contribution in [2.45, 2.75) is 13.0 Å². The van der Waals surface area contributed by atoms with Crippen molar-refractivity contribution in [3.63, 3.8) is 0 Å². The summed E-state index contributed by atoms with van der Waals surface area (Å²) >= 11 is 3.12. The number of carbonyl (C=O) groups is 2. The molecule has 0 aliphatic rings. The summed E-state index contributed by atoms with van der Waals surface area (Å²) in [5, 5.41) is 13.1. The molecule has 98 valence electrons. The Labute approximate surface area is 112 Å². The molecule has 18 heavy (non-hydrogen) atoms. The van der Waals surface area contributed by atoms with E-state index in [-0.39, 0.29) is 12.3 Å². The monoisotopic (exact) mass is 318 g/mol. The summed E-state index contributed by atoms with van der Waals surface area (Å²) in [6.07, 6.45) is 0. The second kappa shape index (κ2) is 6.46. The summed E-state index contributed by atoms with van der Waals surface area (Å²) in [5.74, 6) is -2.57. The summed E-state index contributed by atoms with van der Waals surface area (Å²) in [4.78, 5) is 22.8. The molecule has 0 spiro atoms. The van der Waals surface area contributed by atoms with Gasteiger partial charge in [-0.15, -0.1) is 0 Å². The van der Waals surface area contributed by atoms with Crippen molar-refractivity contribution in [3.8, 4) is 0 Å². The molecular weight excluding hydrogens is 307 g/mol. The lowest BCUT2D eigenvalue weighted by molar-refractivity contribution is -0.136. The van der Waals surface area contributed by atoms with E-state index in [1.807, 2.05) is 0 Å². The number of carbonyl (C=O) groups excluding carboxylic acids is 2. The minimum absolute atomic E-state index is 0.0961. The van der Waals surface area contributed by atoms with Crippen molar-refractivity contribution < 1.29 is 19.1 Å². The van der Waals surface area contributed by atoms with Crippen molar-refractivity contribution in [1.82, 2.24) is 5.32 Å². The molecule has 1 rings (SSSR count). The van der Waals surface area contributed by atoms with Gasteiger partial charge < -0.3 is 15.7 Å². The van der Waals surface area contributed by atoms with Gasteiger partial charge in [0.1, 0.15) is 5.82 Å². The maximum atomic E-state index is 13.3. The Morgan fingerprint density at radius 2 is 2.11 bits per heavy atom. The zero-order valence-electron chi connectivity index (χ0n) is 9.54. The predicted octanol–water partition coefficient (Wildman–Crippen LogP) is 1.02. The quantitative estimate of drug-likeness (QED) is 0.728. The number of anilines is 1. The number of benzene rings is 1. The van der Waals surface area contributed by atoms with E-state index in [0.717, 1.165) is 6.07 Å². The summed E-state index contributed by atoms with van der Waals surface area (Å²) < 4.78 is 13.9. The van der Waals surface area contributed by atoms with Gasteiger partial charge in [-0.3, -0.25) is 9.59 Å². The van der Waals surface area contributed by atoms with E-state index in [1.165, 1.54) is 19.1 Å². The molecule has 0 aliphatic carbocycles. The lowest BCUT2D eigenvalue weighted by Gasteiger charge is -2.11. The van der Waals surface area contributed by atoms with Crippen LogP contribution in [0.5, 0.6) is 0 Å². The fraction of sp³-hybridized carbons (Fsp3) is 0.273. The van der Waals surface area contributed by atoms with Crippen LogP contribution in [-0.2, 0) is 9.59 Å². The van der Waals surface area contributed by atoms with Crippen LogP contribution >= 0.6 is 15.9 Å². The SMILES string of the molecule is C[C@H](CO)NC(=O)C(=O)Nc1cc(Br)ccc1F. The maximum absolute atomic E-state index is 13.3. The van der Waals surface area contributed by atoms with E-state index in [0.29, 0.717) is 4.47 Å². The fourth-order valence-corrected chi connectivity index (χ4v) is 1.47. The van der Waals surface area contributed by atoms with Crippen LogP contribution in [0, 0.1) is 5.82 Å². The Bertz CT molecular complexity index is 468. The third-order valence-electron chi connectivity index (χ3n) is 2.03. The normalized spacial score (nSPS) is 11.8. The number of halogens is 2. The molecule has 0 unspecified atom stereocenters. The van der Waals surface area contributed by atoms with Gasteiger partial charge in [0.25, 0.3) is 0 Å². The van der Waals surface area contributed by atoms with Gasteiger partial charge >= 0.3 is 11.8 Å². The molecule has 1 aromatic rings. The molecule has 0 saturated heterocycles. The maximum Gasteiger partial charge on any atom is 0.313 e. The first-order chi connectivity index (χ1) is 8.43. The van der Waals surface area contributed by atoms with Gasteiger partial charge in [0, 0.05) is 10.5 Å². The van der Waals surface area contributed by atoms with Crippen LogP contribution in [-0.4, -0.2) is 29.6 Å². The Balaban J connectivity index is 2.69. The second-order valence-corrected chi connectivity index (χ2v) is 4.55. The number of rotatable bonds is 3. The molecule has 0 aliphatic heterocycles. The standard InChI is InChI=1S/C11H12BrFN2O3/c1-6(5-16)14-10(17)11(18)15-9-4-7(12)2-3-8(9)13/h2-4,6,16H,5H2,1H3,(H,14,17)(H,15,18)/t6-/m1/s1. The van der Waals surface area contributed by atoms with E-state index in [9.17, 15) is 14.0 Å². The first-order valence-electron chi connectivity index (χ1n) is 5.11. The van der Waals surface area contributed by atoms with Gasteiger partial charge in [0.05, 0.1) is 12.3 Å². The Morgan fingerprint density at radius 3 is 2.72 bits per heavy atom. The van der Waals surface area contributed by atoms with Gasteiger partial charge in [-0.25, -0.2) is 4.39 Å². The zero-order chi connectivity index (χ0) is 13.7. The van der Waals surface area contributed by atoms with Crippen molar-refractivity contribution in [3.05, 3.63) is 28.5 Å². The average molecular weight is 319 g/mol. The van der Waals surface area contributed by atoms with Crippen LogP contribution in [0.1, 0.15) is 6.92 Å². The molecule has 3 N–H and O–H groups in total. The van der Waals surface area contributed by atoms with Gasteiger partial charge in [-0.2, -0.15) is 0 Å². The Hall–Kier alpha value is -1.47. The number of nitrogens with one attached hydrogen (secondary N) is 2. The van der Waals surface area contributed by atoms with E-state index in [4.69, 9.17) is 5.11 Å². The number of aliphatic hydroxyl groups is 1. The molecule has 7 heteroatoms. The number of aliphatic hydroxyl groups excluding tert-OH is 1. The number of hydrogen-bond donors (Lipinski definition) is 3. The largest absolute Gasteiger partial charge is 0.394 e. The molecule has 0 aromatic heterocycles. The second-order valence-electron chi connectivity index (χ2n) is 3.64. The minimum atomic E-state index is -0.993. The summed E-state index contributed by atoms with van der Waals surface area (Å²) in [6.45, 7) is 1.25. The van der Waals surface area contributed by atoms with Gasteiger partial charge in [0.15, 0.2) is 0 Å². The van der Waals surface area contributed by atoms with E-state index in [2.05, 4.69) is 26.6 Å². The summed E-state index contributed by atoms with van der Waals surface area (Å²) in [6, 6.07) is 3.43. The first-order valence-corrected chi connectivity index (χ1v) is 5.91. The van der Waals surface area contributed by atoms with Gasteiger partial charge in [-0.05, 0) is 25.1 Å². The minimum Gasteiger partial charge on any atom is -0.394 e. The van der Waals surface area contributed by atoms with Crippen molar-refractivity contribution in [1.29, 1.82) is 0 Å². The van der Waals surface area contributed by atoms with Gasteiger partial charge in [-0.1, -0.05) is 15.9 Å². The Morgan fingerprint density at radius 1 is 1.44 bits per heavy atom. The fourth-order valence-electron chi connectivity index (χ4n) is 1.11. The average Bonchev–Trinajstić information content (AvgIpc) is 2.33. The molecule has 0 fully saturated rings. The highest BCUT2D eigenvalue weighted by Crippen LogP contribution is 2.19. The van der Waals surface area contributed by atoms with Crippen LogP contribution in [0.15, 0.2) is 22.7 Å². The molecule has 1 atom stereocenters. The molecule has 1 aromatic carbocycles. The lowest BCUT2D eigenvalue weighted by Crippen LogP contribution is -2.42. The molecule has 0 bridgehead atoms. The number of hydrogen-bond acceptors (Lipinski definition) is 3. The molecule has 0 saturated carbocycles. The van der Waals surface area contributed by atoms with Crippen LogP contribution in [0.4, 0.5) is 10.1 Å². The zero-order valence-corrected chi connectivity index (χ0v) is 11.1. The molecule has 5 nitrogen and oxygen atoms in total. The topological polar surface area (TPSA) is 78.4 Å². The van der Waals surface area contributed by atoms with Crippen molar-refractivity contribution in [2.75, 3.05) is 11.9 Å². The third-order valence-corrected chi connectivity index (χ3v) is 2.53. The van der Waals surface area contributed by atoms with Crippen LogP contribution in [0.25, 0.3) is 0 Å². The summed E-state index contributed by atoms with van der Waals surface area (Å²) in [7, 11) is 0. The van der Waals surface area contributed by atoms with E-state index in [1.54, 1.807) is 0 Å². The first kappa shape index (κ1) is 14.6. The third kappa shape index (κ3) is 4.08. The highest BCUT2D eigenvalue weighted by atomic mass is 79.9. The van der Waals surface area contributed by atoms with E-state index < -0.39 is 23.7 Å². The number of amides is 2. The van der Waals surface area contributed by atoms with Crippen LogP contribution < -0.4 is 10.6 Å². The highest BCUT2D eigenvalue weighted by molar-refractivity contribution is 9.10. The smallest absolute Gasteiger partial charge is 0.313 e. The predicted molar refractivity (Wildman–Crippen MR) is 67.4 cm³/mol. The van der Waals surface area contributed by atoms with Crippen molar-refractivity contribution in [2.24, 2.45) is 0 Å². The Kier molecular flexibility index (Phi) is 5.24. The van der Waals surface area contributed by atoms with E-state index >= 15 is 0 Å². The molecular formula is C11H12BrFN2O3. The summed E-state index contributed by atoms with van der Waals surface area (Å²) in [5.41, 5.74) is -0.0961. The molecule has 0 heterocycles. The van der Waals surface area contributed by atoms with Gasteiger partial charge in [0.2, 0.25) is 0 Å². The van der Waals surface area contributed by atoms with Crippen LogP contribution in [0.3, 0.4) is 0 Å². The van der Waals surface area contributed by atoms with Crippen molar-refractivity contribution >= 4 is 33.4 Å². The van der Waals surface area contributed by atoms with Crippen LogP contribution in [0.2, 0.25) is 0 Å². The molecule has 2 amide bonds. The highest BCUT2D eigenvalue weighted by Gasteiger charge is 2.17.